The second-order valence-electron chi connectivity index (χ2n) is 9.80. The third-order valence-electron chi connectivity index (χ3n) is 7.05. The number of aromatic nitrogens is 1. The monoisotopic (exact) mass is 468 g/mol. The molecule has 0 bridgehead atoms. The molecular formula is C30H32N2O3. The van der Waals surface area contributed by atoms with Crippen LogP contribution in [0.5, 0.6) is 0 Å². The first-order chi connectivity index (χ1) is 17.1. The van der Waals surface area contributed by atoms with E-state index in [0.29, 0.717) is 11.5 Å². The van der Waals surface area contributed by atoms with E-state index in [1.165, 1.54) is 0 Å². The van der Waals surface area contributed by atoms with E-state index < -0.39 is 5.97 Å². The smallest absolute Gasteiger partial charge is 0.339 e. The number of likely N-dealkylation sites (tertiary alicyclic amines) is 1. The number of hydrogen-bond acceptors (Lipinski definition) is 4. The Morgan fingerprint density at radius 3 is 2.46 bits per heavy atom. The number of hydrogen-bond donors (Lipinski definition) is 0. The maximum atomic E-state index is 13.5. The van der Waals surface area contributed by atoms with Gasteiger partial charge in [0.25, 0.3) is 5.91 Å². The molecule has 2 aliphatic rings. The molecule has 180 valence electrons. The number of rotatable bonds is 4. The molecule has 0 spiro atoms. The number of carbonyl (C=O) groups is 2. The van der Waals surface area contributed by atoms with Gasteiger partial charge in [-0.1, -0.05) is 68.3 Å². The lowest BCUT2D eigenvalue weighted by Gasteiger charge is -2.26. The van der Waals surface area contributed by atoms with Gasteiger partial charge in [-0.3, -0.25) is 4.79 Å². The van der Waals surface area contributed by atoms with Gasteiger partial charge in [0.1, 0.15) is 0 Å². The van der Waals surface area contributed by atoms with Crippen molar-refractivity contribution in [1.82, 2.24) is 9.88 Å². The maximum absolute atomic E-state index is 13.5. The van der Waals surface area contributed by atoms with Crippen molar-refractivity contribution in [3.05, 3.63) is 77.0 Å². The Bertz CT molecular complexity index is 1260. The molecule has 5 nitrogen and oxygen atoms in total. The van der Waals surface area contributed by atoms with Crippen molar-refractivity contribution >= 4 is 34.4 Å². The Morgan fingerprint density at radius 1 is 0.971 bits per heavy atom. The highest BCUT2D eigenvalue weighted by Gasteiger charge is 2.29. The summed E-state index contributed by atoms with van der Waals surface area (Å²) in [5, 5.41) is 0.784. The van der Waals surface area contributed by atoms with Crippen LogP contribution >= 0.6 is 0 Å². The Morgan fingerprint density at radius 2 is 1.69 bits per heavy atom. The predicted octanol–water partition coefficient (Wildman–Crippen LogP) is 5.92. The zero-order valence-corrected chi connectivity index (χ0v) is 20.3. The van der Waals surface area contributed by atoms with Crippen molar-refractivity contribution < 1.29 is 14.3 Å². The van der Waals surface area contributed by atoms with Crippen LogP contribution in [-0.4, -0.2) is 41.5 Å². The van der Waals surface area contributed by atoms with Gasteiger partial charge in [0.2, 0.25) is 0 Å². The van der Waals surface area contributed by atoms with E-state index in [-0.39, 0.29) is 12.5 Å². The van der Waals surface area contributed by atoms with E-state index in [9.17, 15) is 9.59 Å². The van der Waals surface area contributed by atoms with Crippen LogP contribution in [-0.2, 0) is 16.0 Å². The second-order valence-corrected chi connectivity index (χ2v) is 9.80. The largest absolute Gasteiger partial charge is 0.452 e. The number of ether oxygens (including phenoxy) is 1. The van der Waals surface area contributed by atoms with E-state index >= 15 is 0 Å². The predicted molar refractivity (Wildman–Crippen MR) is 139 cm³/mol. The summed E-state index contributed by atoms with van der Waals surface area (Å²) in [6.07, 6.45) is 8.14. The standard InChI is InChI=1S/C30H32N2O3/c1-21-17-23(19-22-11-5-4-6-12-22)29-25(18-21)28(24-13-7-8-14-26(24)31-29)30(34)35-20-27(33)32-15-9-2-3-10-16-32/h4-8,11-14,19,21H,2-3,9-10,15-18,20H2,1H3. The van der Waals surface area contributed by atoms with Gasteiger partial charge in [-0.05, 0) is 60.4 Å². The van der Waals surface area contributed by atoms with E-state index in [1.54, 1.807) is 0 Å². The minimum atomic E-state index is -0.434. The zero-order chi connectivity index (χ0) is 24.2. The topological polar surface area (TPSA) is 59.5 Å². The fraction of sp³-hybridized carbons (Fsp3) is 0.367. The number of pyridine rings is 1. The summed E-state index contributed by atoms with van der Waals surface area (Å²) in [7, 11) is 0. The average Bonchev–Trinajstić information content (AvgIpc) is 3.16. The molecule has 1 unspecified atom stereocenters. The lowest BCUT2D eigenvalue weighted by atomic mass is 9.80. The van der Waals surface area contributed by atoms with Gasteiger partial charge in [0.15, 0.2) is 6.61 Å². The van der Waals surface area contributed by atoms with E-state index in [4.69, 9.17) is 9.72 Å². The van der Waals surface area contributed by atoms with Crippen LogP contribution in [0.15, 0.2) is 54.6 Å². The van der Waals surface area contributed by atoms with Gasteiger partial charge in [-0.2, -0.15) is 0 Å². The van der Waals surface area contributed by atoms with Crippen LogP contribution in [0.1, 0.15) is 66.2 Å². The Hall–Kier alpha value is -3.47. The molecule has 2 heterocycles. The molecule has 1 atom stereocenters. The van der Waals surface area contributed by atoms with Gasteiger partial charge in [0.05, 0.1) is 16.8 Å². The molecule has 5 rings (SSSR count). The van der Waals surface area contributed by atoms with E-state index in [2.05, 4.69) is 25.1 Å². The molecule has 1 aliphatic carbocycles. The summed E-state index contributed by atoms with van der Waals surface area (Å²) < 4.78 is 5.67. The quantitative estimate of drug-likeness (QED) is 0.446. The molecule has 1 fully saturated rings. The van der Waals surface area contributed by atoms with Gasteiger partial charge in [-0.15, -0.1) is 0 Å². The molecule has 0 N–H and O–H groups in total. The highest BCUT2D eigenvalue weighted by Crippen LogP contribution is 2.38. The Labute approximate surface area is 206 Å². The molecule has 1 amide bonds. The van der Waals surface area contributed by atoms with Crippen LogP contribution in [0.2, 0.25) is 0 Å². The molecule has 0 saturated carbocycles. The molecule has 5 heteroatoms. The highest BCUT2D eigenvalue weighted by molar-refractivity contribution is 6.07. The highest BCUT2D eigenvalue weighted by atomic mass is 16.5. The van der Waals surface area contributed by atoms with Crippen molar-refractivity contribution in [3.63, 3.8) is 0 Å². The molecule has 35 heavy (non-hydrogen) atoms. The number of para-hydroxylation sites is 1. The normalized spacial score (nSPS) is 19.3. The number of allylic oxidation sites excluding steroid dienone is 1. The van der Waals surface area contributed by atoms with Gasteiger partial charge >= 0.3 is 5.97 Å². The molecule has 1 saturated heterocycles. The molecular weight excluding hydrogens is 436 g/mol. The summed E-state index contributed by atoms with van der Waals surface area (Å²) >= 11 is 0. The second kappa shape index (κ2) is 10.4. The van der Waals surface area contributed by atoms with Crippen LogP contribution in [0.4, 0.5) is 0 Å². The van der Waals surface area contributed by atoms with Gasteiger partial charge in [0, 0.05) is 18.5 Å². The zero-order valence-electron chi connectivity index (χ0n) is 20.3. The first kappa shape index (κ1) is 23.3. The Kier molecular flexibility index (Phi) is 6.94. The average molecular weight is 469 g/mol. The molecule has 3 aromatic rings. The van der Waals surface area contributed by atoms with Crippen LogP contribution in [0, 0.1) is 5.92 Å². The number of nitrogens with zero attached hydrogens (tertiary/aromatic N) is 2. The van der Waals surface area contributed by atoms with Gasteiger partial charge in [-0.25, -0.2) is 9.78 Å². The third kappa shape index (κ3) is 5.14. The van der Waals surface area contributed by atoms with E-state index in [1.807, 2.05) is 47.4 Å². The summed E-state index contributed by atoms with van der Waals surface area (Å²) in [5.41, 5.74) is 5.37. The van der Waals surface area contributed by atoms with Crippen molar-refractivity contribution in [2.24, 2.45) is 5.92 Å². The minimum Gasteiger partial charge on any atom is -0.452 e. The van der Waals surface area contributed by atoms with Crippen molar-refractivity contribution in [2.45, 2.75) is 45.4 Å². The fourth-order valence-electron chi connectivity index (χ4n) is 5.33. The molecule has 0 radical (unpaired) electrons. The van der Waals surface area contributed by atoms with Crippen molar-refractivity contribution in [2.75, 3.05) is 19.7 Å². The minimum absolute atomic E-state index is 0.106. The molecule has 2 aromatic carbocycles. The lowest BCUT2D eigenvalue weighted by molar-refractivity contribution is -0.134. The first-order valence-electron chi connectivity index (χ1n) is 12.7. The third-order valence-corrected chi connectivity index (χ3v) is 7.05. The SMILES string of the molecule is CC1CC(=Cc2ccccc2)c2nc3ccccc3c(C(=O)OCC(=O)N3CCCCCC3)c2C1. The van der Waals surface area contributed by atoms with E-state index in [0.717, 1.165) is 84.9 Å². The summed E-state index contributed by atoms with van der Waals surface area (Å²) in [5.74, 6) is -0.174. The molecule has 1 aliphatic heterocycles. The van der Waals surface area contributed by atoms with Crippen molar-refractivity contribution in [1.29, 1.82) is 0 Å². The van der Waals surface area contributed by atoms with Crippen LogP contribution in [0.3, 0.4) is 0 Å². The number of benzene rings is 2. The number of esters is 1. The lowest BCUT2D eigenvalue weighted by Crippen LogP contribution is -2.35. The number of amides is 1. The fourth-order valence-corrected chi connectivity index (χ4v) is 5.33. The summed E-state index contributed by atoms with van der Waals surface area (Å²) in [6, 6.07) is 17.9. The van der Waals surface area contributed by atoms with Crippen molar-refractivity contribution in [3.8, 4) is 0 Å². The number of carbonyl (C=O) groups excluding carboxylic acids is 2. The van der Waals surface area contributed by atoms with Crippen LogP contribution in [0.25, 0.3) is 22.6 Å². The van der Waals surface area contributed by atoms with Gasteiger partial charge < -0.3 is 9.64 Å². The molecule has 1 aromatic heterocycles. The van der Waals surface area contributed by atoms with Crippen LogP contribution < -0.4 is 0 Å². The number of fused-ring (bicyclic) bond motifs is 2. The first-order valence-corrected chi connectivity index (χ1v) is 12.7. The summed E-state index contributed by atoms with van der Waals surface area (Å²) in [4.78, 5) is 33.1. The Balaban J connectivity index is 1.50. The maximum Gasteiger partial charge on any atom is 0.339 e. The summed E-state index contributed by atoms with van der Waals surface area (Å²) in [6.45, 7) is 3.48.